The number of carbonyl (C=O) groups excluding carboxylic acids is 1. The van der Waals surface area contributed by atoms with Crippen molar-refractivity contribution in [2.24, 2.45) is 0 Å². The first-order valence-corrected chi connectivity index (χ1v) is 7.39. The molecule has 0 aromatic rings. The number of methoxy groups -OCH3 is 1. The van der Waals surface area contributed by atoms with Gasteiger partial charge in [-0.05, 0) is 0 Å². The molecule has 0 aliphatic rings. The molecule has 0 heterocycles. The van der Waals surface area contributed by atoms with Gasteiger partial charge in [-0.1, -0.05) is 13.8 Å². The minimum atomic E-state index is -3.66. The van der Waals surface area contributed by atoms with Gasteiger partial charge in [-0.3, -0.25) is 4.79 Å². The van der Waals surface area contributed by atoms with Gasteiger partial charge in [0.1, 0.15) is 5.75 Å². The predicted octanol–water partition coefficient (Wildman–Crippen LogP) is -1.13. The lowest BCUT2D eigenvalue weighted by molar-refractivity contribution is -0.148. The van der Waals surface area contributed by atoms with Crippen molar-refractivity contribution in [3.05, 3.63) is 0 Å². The second-order valence-electron chi connectivity index (χ2n) is 3.71. The monoisotopic (exact) mass is 296 g/mol. The van der Waals surface area contributed by atoms with E-state index in [0.717, 1.165) is 4.31 Å². The molecule has 1 amide bonds. The second-order valence-corrected chi connectivity index (χ2v) is 5.68. The van der Waals surface area contributed by atoms with E-state index >= 15 is 0 Å². The van der Waals surface area contributed by atoms with Crippen molar-refractivity contribution < 1.29 is 27.9 Å². The summed E-state index contributed by atoms with van der Waals surface area (Å²) >= 11 is 0. The minimum absolute atomic E-state index is 0.279. The summed E-state index contributed by atoms with van der Waals surface area (Å²) in [5, 5.41) is 10.9. The first-order chi connectivity index (χ1) is 8.78. The number of rotatable bonds is 9. The Morgan fingerprint density at radius 3 is 2.21 bits per heavy atom. The number of nitrogens with zero attached hydrogens (tertiary/aromatic N) is 1. The van der Waals surface area contributed by atoms with Crippen LogP contribution in [0.1, 0.15) is 13.8 Å². The van der Waals surface area contributed by atoms with Gasteiger partial charge in [0.15, 0.2) is 6.10 Å². The molecule has 2 N–H and O–H groups in total. The lowest BCUT2D eigenvalue weighted by Gasteiger charge is -2.18. The predicted molar refractivity (Wildman–Crippen MR) is 68.2 cm³/mol. The molecule has 0 aromatic carbocycles. The van der Waals surface area contributed by atoms with E-state index in [2.05, 4.69) is 10.1 Å². The molecule has 1 atom stereocenters. The average Bonchev–Trinajstić information content (AvgIpc) is 2.29. The molecule has 0 spiro atoms. The van der Waals surface area contributed by atoms with Crippen molar-refractivity contribution in [3.63, 3.8) is 0 Å². The quantitative estimate of drug-likeness (QED) is 0.557. The normalized spacial score (nSPS) is 13.3. The van der Waals surface area contributed by atoms with Crippen molar-refractivity contribution in [2.75, 3.05) is 32.5 Å². The number of carboxylic acids is 1. The number of nitrogens with one attached hydrogen (secondary N) is 1. The maximum Gasteiger partial charge on any atom is 0.334 e. The molecule has 0 rings (SSSR count). The van der Waals surface area contributed by atoms with E-state index in [0.29, 0.717) is 0 Å². The third-order valence-electron chi connectivity index (χ3n) is 2.46. The maximum absolute atomic E-state index is 11.8. The summed E-state index contributed by atoms with van der Waals surface area (Å²) in [6, 6.07) is 0. The van der Waals surface area contributed by atoms with Crippen molar-refractivity contribution >= 4 is 21.9 Å². The van der Waals surface area contributed by atoms with Crippen LogP contribution in [-0.4, -0.2) is 68.3 Å². The zero-order valence-electron chi connectivity index (χ0n) is 11.2. The molecule has 0 bridgehead atoms. The summed E-state index contributed by atoms with van der Waals surface area (Å²) in [7, 11) is -2.47. The lowest BCUT2D eigenvalue weighted by Crippen LogP contribution is -2.43. The Hall–Kier alpha value is -1.19. The van der Waals surface area contributed by atoms with E-state index in [4.69, 9.17) is 5.11 Å². The highest BCUT2D eigenvalue weighted by Crippen LogP contribution is 2.00. The van der Waals surface area contributed by atoms with E-state index < -0.39 is 33.8 Å². The van der Waals surface area contributed by atoms with Gasteiger partial charge in [0.2, 0.25) is 15.9 Å². The van der Waals surface area contributed by atoms with Gasteiger partial charge in [0, 0.05) is 20.2 Å². The number of amides is 1. The largest absolute Gasteiger partial charge is 0.479 e. The number of sulfonamides is 1. The van der Waals surface area contributed by atoms with Crippen LogP contribution in [0.25, 0.3) is 0 Å². The van der Waals surface area contributed by atoms with Crippen LogP contribution in [-0.2, 0) is 24.3 Å². The van der Waals surface area contributed by atoms with Gasteiger partial charge in [-0.2, -0.15) is 0 Å². The fourth-order valence-electron chi connectivity index (χ4n) is 1.40. The van der Waals surface area contributed by atoms with Gasteiger partial charge in [-0.25, -0.2) is 17.5 Å². The van der Waals surface area contributed by atoms with E-state index in [1.807, 2.05) is 0 Å². The Morgan fingerprint density at radius 2 is 1.84 bits per heavy atom. The first kappa shape index (κ1) is 17.8. The molecule has 0 fully saturated rings. The smallest absolute Gasteiger partial charge is 0.334 e. The third kappa shape index (κ3) is 5.99. The van der Waals surface area contributed by atoms with Crippen molar-refractivity contribution in [1.29, 1.82) is 0 Å². The molecule has 9 heteroatoms. The summed E-state index contributed by atoms with van der Waals surface area (Å²) in [6.07, 6.45) is -1.19. The molecule has 0 radical (unpaired) electrons. The van der Waals surface area contributed by atoms with E-state index in [1.54, 1.807) is 13.8 Å². The number of hydrogen-bond donors (Lipinski definition) is 2. The van der Waals surface area contributed by atoms with Crippen LogP contribution >= 0.6 is 0 Å². The SMILES string of the molecule is CCN(CC)S(=O)(=O)CC(=O)NCC(OC)C(=O)O. The molecule has 112 valence electrons. The zero-order chi connectivity index (χ0) is 15.1. The fourth-order valence-corrected chi connectivity index (χ4v) is 2.81. The van der Waals surface area contributed by atoms with E-state index in [-0.39, 0.29) is 19.6 Å². The van der Waals surface area contributed by atoms with Crippen LogP contribution in [0.5, 0.6) is 0 Å². The highest BCUT2D eigenvalue weighted by molar-refractivity contribution is 7.89. The number of ether oxygens (including phenoxy) is 1. The van der Waals surface area contributed by atoms with Gasteiger partial charge in [0.25, 0.3) is 0 Å². The summed E-state index contributed by atoms with van der Waals surface area (Å²) in [5.74, 6) is -2.69. The molecule has 8 nitrogen and oxygen atoms in total. The second kappa shape index (κ2) is 8.08. The highest BCUT2D eigenvalue weighted by Gasteiger charge is 2.24. The number of hydrogen-bond acceptors (Lipinski definition) is 5. The molecule has 0 saturated carbocycles. The zero-order valence-corrected chi connectivity index (χ0v) is 12.1. The molecule has 0 aromatic heterocycles. The van der Waals surface area contributed by atoms with Crippen molar-refractivity contribution in [2.45, 2.75) is 20.0 Å². The molecule has 0 aliphatic heterocycles. The lowest BCUT2D eigenvalue weighted by atomic mass is 10.3. The van der Waals surface area contributed by atoms with Crippen LogP contribution in [0.3, 0.4) is 0 Å². The topological polar surface area (TPSA) is 113 Å². The van der Waals surface area contributed by atoms with Crippen LogP contribution in [0.4, 0.5) is 0 Å². The van der Waals surface area contributed by atoms with Gasteiger partial charge in [-0.15, -0.1) is 0 Å². The summed E-state index contributed by atoms with van der Waals surface area (Å²) < 4.78 is 29.3. The number of carbonyl (C=O) groups is 2. The molecular weight excluding hydrogens is 276 g/mol. The number of aliphatic carboxylic acids is 1. The summed E-state index contributed by atoms with van der Waals surface area (Å²) in [6.45, 7) is 3.62. The molecule has 0 aliphatic carbocycles. The van der Waals surface area contributed by atoms with Crippen molar-refractivity contribution in [1.82, 2.24) is 9.62 Å². The Morgan fingerprint density at radius 1 is 1.32 bits per heavy atom. The van der Waals surface area contributed by atoms with Gasteiger partial charge in [0.05, 0.1) is 6.54 Å². The first-order valence-electron chi connectivity index (χ1n) is 5.78. The Labute approximate surface area is 112 Å². The number of carboxylic acid groups (broad SMARTS) is 1. The minimum Gasteiger partial charge on any atom is -0.479 e. The van der Waals surface area contributed by atoms with Crippen LogP contribution in [0.15, 0.2) is 0 Å². The third-order valence-corrected chi connectivity index (χ3v) is 4.39. The molecular formula is C10H20N2O6S. The molecule has 19 heavy (non-hydrogen) atoms. The van der Waals surface area contributed by atoms with Crippen LogP contribution in [0.2, 0.25) is 0 Å². The average molecular weight is 296 g/mol. The Kier molecular flexibility index (Phi) is 7.57. The van der Waals surface area contributed by atoms with Crippen LogP contribution < -0.4 is 5.32 Å². The van der Waals surface area contributed by atoms with Crippen molar-refractivity contribution in [3.8, 4) is 0 Å². The van der Waals surface area contributed by atoms with E-state index in [1.165, 1.54) is 7.11 Å². The maximum atomic E-state index is 11.8. The highest BCUT2D eigenvalue weighted by atomic mass is 32.2. The standard InChI is InChI=1S/C10H20N2O6S/c1-4-12(5-2)19(16,17)7-9(13)11-6-8(18-3)10(14)15/h8H,4-7H2,1-3H3,(H,11,13)(H,14,15). The van der Waals surface area contributed by atoms with E-state index in [9.17, 15) is 18.0 Å². The Balaban J connectivity index is 4.43. The van der Waals surface area contributed by atoms with Gasteiger partial charge >= 0.3 is 5.97 Å². The summed E-state index contributed by atoms with van der Waals surface area (Å²) in [4.78, 5) is 22.1. The Bertz CT molecular complexity index is 404. The molecule has 1 unspecified atom stereocenters. The fraction of sp³-hybridized carbons (Fsp3) is 0.800. The summed E-state index contributed by atoms with van der Waals surface area (Å²) in [5.41, 5.74) is 0. The van der Waals surface area contributed by atoms with Gasteiger partial charge < -0.3 is 15.2 Å². The molecule has 0 saturated heterocycles. The van der Waals surface area contributed by atoms with Crippen LogP contribution in [0, 0.1) is 0 Å².